The van der Waals surface area contributed by atoms with Crippen LogP contribution in [0.5, 0.6) is 0 Å². The number of carbonyl (C=O) groups is 2. The van der Waals surface area contributed by atoms with E-state index in [9.17, 15) is 24.2 Å². The molecule has 17 heteroatoms. The van der Waals surface area contributed by atoms with Gasteiger partial charge in [-0.1, -0.05) is 11.6 Å². The molecule has 2 aromatic carbocycles. The van der Waals surface area contributed by atoms with Gasteiger partial charge in [0.15, 0.2) is 11.3 Å². The van der Waals surface area contributed by atoms with Crippen LogP contribution in [-0.4, -0.2) is 83.2 Å². The molecule has 0 aliphatic carbocycles. The average molecular weight is 724 g/mol. The van der Waals surface area contributed by atoms with Gasteiger partial charge in [-0.05, 0) is 57.2 Å². The van der Waals surface area contributed by atoms with E-state index in [4.69, 9.17) is 11.6 Å². The van der Waals surface area contributed by atoms with Gasteiger partial charge in [0.1, 0.15) is 45.2 Å². The van der Waals surface area contributed by atoms with Crippen molar-refractivity contribution in [1.29, 1.82) is 0 Å². The van der Waals surface area contributed by atoms with Crippen LogP contribution < -0.4 is 5.32 Å². The van der Waals surface area contributed by atoms with Crippen LogP contribution in [0, 0.1) is 5.82 Å². The second kappa shape index (κ2) is 12.8. The number of aromatic nitrogens is 10. The first-order valence-electron chi connectivity index (χ1n) is 15.9. The number of rotatable bonds is 6. The number of carboxylic acids is 1. The quantitative estimate of drug-likeness (QED) is 0.148. The Balaban J connectivity index is 0.000000166. The minimum absolute atomic E-state index is 0.0811. The van der Waals surface area contributed by atoms with Gasteiger partial charge in [0, 0.05) is 42.3 Å². The van der Waals surface area contributed by atoms with E-state index in [0.29, 0.717) is 61.2 Å². The number of hydrogen-bond acceptors (Lipinski definition) is 9. The summed E-state index contributed by atoms with van der Waals surface area (Å²) in [5.41, 5.74) is 4.82. The highest BCUT2D eigenvalue weighted by Crippen LogP contribution is 2.30. The lowest BCUT2D eigenvalue weighted by Gasteiger charge is -2.29. The summed E-state index contributed by atoms with van der Waals surface area (Å²) in [6.45, 7) is 5.09. The lowest BCUT2D eigenvalue weighted by molar-refractivity contribution is 0.0696. The molecule has 1 unspecified atom stereocenters. The SMILES string of the molecule is CC(O)C(C)(C)NC(=O)c1c[nH]c2ncc(-c3nn(C)c4cc(F)ccc34)nc12.Cn1nc(-c2cnc3[nH]cc(C(=O)O)c3n2)c2ccc(Cl)cc21. The molecule has 6 aromatic heterocycles. The topological polar surface area (TPSA) is 205 Å². The zero-order valence-corrected chi connectivity index (χ0v) is 29.2. The number of amides is 1. The molecule has 0 bridgehead atoms. The third-order valence-electron chi connectivity index (χ3n) is 8.83. The number of aromatic carboxylic acids is 1. The number of carbonyl (C=O) groups excluding carboxylic acids is 1. The summed E-state index contributed by atoms with van der Waals surface area (Å²) in [6, 6.07) is 9.88. The number of benzene rings is 2. The molecule has 5 N–H and O–H groups in total. The fourth-order valence-corrected chi connectivity index (χ4v) is 5.82. The molecule has 0 saturated carbocycles. The van der Waals surface area contributed by atoms with E-state index in [-0.39, 0.29) is 17.3 Å². The molecule has 15 nitrogen and oxygen atoms in total. The third-order valence-corrected chi connectivity index (χ3v) is 9.06. The van der Waals surface area contributed by atoms with Crippen molar-refractivity contribution in [3.8, 4) is 22.8 Å². The molecule has 0 radical (unpaired) electrons. The van der Waals surface area contributed by atoms with Gasteiger partial charge in [-0.25, -0.2) is 29.1 Å². The van der Waals surface area contributed by atoms with Crippen LogP contribution in [0.3, 0.4) is 0 Å². The lowest BCUT2D eigenvalue weighted by atomic mass is 9.98. The van der Waals surface area contributed by atoms with Gasteiger partial charge in [0.25, 0.3) is 5.91 Å². The minimum atomic E-state index is -1.06. The van der Waals surface area contributed by atoms with Crippen molar-refractivity contribution in [2.45, 2.75) is 32.4 Å². The number of fused-ring (bicyclic) bond motifs is 4. The summed E-state index contributed by atoms with van der Waals surface area (Å²) >= 11 is 6.03. The fourth-order valence-electron chi connectivity index (χ4n) is 5.65. The third kappa shape index (κ3) is 6.07. The van der Waals surface area contributed by atoms with Crippen LogP contribution in [0.1, 0.15) is 41.5 Å². The molecule has 264 valence electrons. The van der Waals surface area contributed by atoms with Crippen LogP contribution in [0.25, 0.3) is 66.9 Å². The Morgan fingerprint density at radius 3 is 1.94 bits per heavy atom. The number of hydrogen-bond donors (Lipinski definition) is 5. The summed E-state index contributed by atoms with van der Waals surface area (Å²) in [6.07, 6.45) is 5.31. The molecule has 0 fully saturated rings. The Bertz CT molecular complexity index is 2690. The van der Waals surface area contributed by atoms with Gasteiger partial charge in [0.2, 0.25) is 0 Å². The standard InChI is InChI=1S/C20H21FN6O2.C15H10ClN5O2/c1-10(28)20(2,3)25-19(29)13-8-22-18-17(13)24-14(9-23-18)16-12-6-5-11(21)7-15(12)27(4)26-16;1-21-11-4-7(16)2-3-8(11)12(20-21)10-6-18-14-13(19-10)9(5-17-14)15(22)23/h5-10,28H,1-4H3,(H,22,23)(H,25,29);2-6H,1H3,(H,17,18)(H,22,23). The normalized spacial score (nSPS) is 12.4. The van der Waals surface area contributed by atoms with E-state index < -0.39 is 17.6 Å². The number of aromatic amines is 2. The molecular formula is C35H31ClFN11O4. The van der Waals surface area contributed by atoms with Crippen LogP contribution in [0.4, 0.5) is 4.39 Å². The van der Waals surface area contributed by atoms with Crippen LogP contribution >= 0.6 is 11.6 Å². The predicted octanol–water partition coefficient (Wildman–Crippen LogP) is 5.40. The van der Waals surface area contributed by atoms with Crippen molar-refractivity contribution in [1.82, 2.24) is 54.8 Å². The van der Waals surface area contributed by atoms with E-state index in [1.807, 2.05) is 19.2 Å². The van der Waals surface area contributed by atoms with Crippen LogP contribution in [-0.2, 0) is 14.1 Å². The van der Waals surface area contributed by atoms with Crippen molar-refractivity contribution < 1.29 is 24.2 Å². The molecule has 0 spiro atoms. The number of aliphatic hydroxyl groups is 1. The van der Waals surface area contributed by atoms with Crippen molar-refractivity contribution >= 4 is 67.6 Å². The highest BCUT2D eigenvalue weighted by atomic mass is 35.5. The maximum absolute atomic E-state index is 13.6. The first kappa shape index (κ1) is 34.2. The monoisotopic (exact) mass is 723 g/mol. The van der Waals surface area contributed by atoms with Gasteiger partial charge in [0.05, 0.1) is 40.6 Å². The molecule has 8 rings (SSSR count). The largest absolute Gasteiger partial charge is 0.478 e. The van der Waals surface area contributed by atoms with E-state index in [1.165, 1.54) is 24.5 Å². The summed E-state index contributed by atoms with van der Waals surface area (Å²) in [5, 5.41) is 33.0. The molecule has 0 aliphatic heterocycles. The van der Waals surface area contributed by atoms with Crippen molar-refractivity contribution in [3.05, 3.63) is 83.2 Å². The van der Waals surface area contributed by atoms with Crippen LogP contribution in [0.2, 0.25) is 5.02 Å². The average Bonchev–Trinajstić information content (AvgIpc) is 3.87. The highest BCUT2D eigenvalue weighted by molar-refractivity contribution is 6.31. The first-order chi connectivity index (χ1) is 24.7. The van der Waals surface area contributed by atoms with Gasteiger partial charge in [-0.2, -0.15) is 10.2 Å². The number of aliphatic hydroxyl groups excluding tert-OH is 1. The fraction of sp³-hybridized carbons (Fsp3) is 0.200. The molecular weight excluding hydrogens is 693 g/mol. The minimum Gasteiger partial charge on any atom is -0.478 e. The smallest absolute Gasteiger partial charge is 0.339 e. The summed E-state index contributed by atoms with van der Waals surface area (Å²) < 4.78 is 16.9. The van der Waals surface area contributed by atoms with Gasteiger partial charge >= 0.3 is 5.97 Å². The number of halogens is 2. The number of carboxylic acid groups (broad SMARTS) is 1. The number of nitrogens with one attached hydrogen (secondary N) is 3. The Kier molecular flexibility index (Phi) is 8.43. The Morgan fingerprint density at radius 2 is 1.38 bits per heavy atom. The second-order valence-corrected chi connectivity index (χ2v) is 13.2. The first-order valence-corrected chi connectivity index (χ1v) is 16.3. The molecule has 6 heterocycles. The zero-order chi connectivity index (χ0) is 37.1. The van der Waals surface area contributed by atoms with Crippen LogP contribution in [0.15, 0.2) is 61.2 Å². The maximum Gasteiger partial charge on any atom is 0.339 e. The Hall–Kier alpha value is -6.26. The Labute approximate surface area is 298 Å². The highest BCUT2D eigenvalue weighted by Gasteiger charge is 2.28. The van der Waals surface area contributed by atoms with Crippen molar-refractivity contribution in [2.24, 2.45) is 14.1 Å². The molecule has 1 amide bonds. The van der Waals surface area contributed by atoms with E-state index in [0.717, 1.165) is 16.3 Å². The molecule has 52 heavy (non-hydrogen) atoms. The van der Waals surface area contributed by atoms with E-state index in [1.54, 1.807) is 61.7 Å². The maximum atomic E-state index is 13.6. The summed E-state index contributed by atoms with van der Waals surface area (Å²) in [4.78, 5) is 47.4. The van der Waals surface area contributed by atoms with Crippen molar-refractivity contribution in [2.75, 3.05) is 0 Å². The second-order valence-electron chi connectivity index (χ2n) is 12.7. The van der Waals surface area contributed by atoms with Gasteiger partial charge in [-0.3, -0.25) is 14.2 Å². The molecule has 1 atom stereocenters. The van der Waals surface area contributed by atoms with Gasteiger partial charge < -0.3 is 25.5 Å². The lowest BCUT2D eigenvalue weighted by Crippen LogP contribution is -2.50. The number of nitrogens with zero attached hydrogens (tertiary/aromatic N) is 8. The zero-order valence-electron chi connectivity index (χ0n) is 28.4. The molecule has 0 aliphatic rings. The Morgan fingerprint density at radius 1 is 0.865 bits per heavy atom. The molecule has 0 saturated heterocycles. The predicted molar refractivity (Wildman–Crippen MR) is 192 cm³/mol. The van der Waals surface area contributed by atoms with Gasteiger partial charge in [-0.15, -0.1) is 0 Å². The summed E-state index contributed by atoms with van der Waals surface area (Å²) in [7, 11) is 3.54. The number of aryl methyl sites for hydroxylation is 2. The van der Waals surface area contributed by atoms with E-state index >= 15 is 0 Å². The summed E-state index contributed by atoms with van der Waals surface area (Å²) in [5.74, 6) is -1.78. The number of H-pyrrole nitrogens is 2. The van der Waals surface area contributed by atoms with E-state index in [2.05, 4.69) is 45.4 Å². The molecule has 8 aromatic rings. The van der Waals surface area contributed by atoms with Crippen molar-refractivity contribution in [3.63, 3.8) is 0 Å².